The smallest absolute Gasteiger partial charge is 0.235 e. The minimum atomic E-state index is 0.609. The van der Waals surface area contributed by atoms with Gasteiger partial charge >= 0.3 is 0 Å². The summed E-state index contributed by atoms with van der Waals surface area (Å²) in [6, 6.07) is 68.8. The van der Waals surface area contributed by atoms with Gasteiger partial charge in [0.25, 0.3) is 0 Å². The number of hydrogen-bond donors (Lipinski definition) is 0. The molecule has 13 rings (SSSR count). The Morgan fingerprint density at radius 2 is 1.07 bits per heavy atom. The van der Waals surface area contributed by atoms with Crippen LogP contribution in [0.25, 0.3) is 121 Å². The maximum Gasteiger partial charge on any atom is 0.235 e. The minimum absolute atomic E-state index is 0.609. The van der Waals surface area contributed by atoms with E-state index >= 15 is 0 Å². The van der Waals surface area contributed by atoms with Crippen molar-refractivity contribution in [1.82, 2.24) is 19.1 Å². The lowest BCUT2D eigenvalue weighted by Gasteiger charge is -2.14. The zero-order valence-corrected chi connectivity index (χ0v) is 31.7. The van der Waals surface area contributed by atoms with E-state index in [0.717, 1.165) is 104 Å². The Kier molecular flexibility index (Phi) is 6.66. The van der Waals surface area contributed by atoms with Crippen LogP contribution in [0.15, 0.2) is 199 Å². The first-order valence-corrected chi connectivity index (χ1v) is 20.0. The van der Waals surface area contributed by atoms with Crippen LogP contribution < -0.4 is 0 Å². The van der Waals surface area contributed by atoms with E-state index in [1.807, 2.05) is 6.07 Å². The van der Waals surface area contributed by atoms with Crippen molar-refractivity contribution in [3.63, 3.8) is 0 Å². The van der Waals surface area contributed by atoms with Gasteiger partial charge < -0.3 is 8.98 Å². The quantitative estimate of drug-likeness (QED) is 0.168. The predicted octanol–water partition coefficient (Wildman–Crippen LogP) is 14.2. The van der Waals surface area contributed by atoms with E-state index in [9.17, 15) is 0 Å². The van der Waals surface area contributed by atoms with Gasteiger partial charge in [0.2, 0.25) is 5.95 Å². The number of para-hydroxylation sites is 2. The highest BCUT2D eigenvalue weighted by Crippen LogP contribution is 2.46. The molecule has 0 saturated heterocycles. The molecule has 0 unspecified atom stereocenters. The number of aromatic nitrogens is 4. The maximum atomic E-state index is 6.80. The van der Waals surface area contributed by atoms with E-state index in [4.69, 9.17) is 14.4 Å². The minimum Gasteiger partial charge on any atom is -0.455 e. The predicted molar refractivity (Wildman–Crippen MR) is 244 cm³/mol. The van der Waals surface area contributed by atoms with Crippen molar-refractivity contribution < 1.29 is 4.42 Å². The van der Waals surface area contributed by atoms with Crippen LogP contribution in [0.3, 0.4) is 0 Å². The molecule has 5 nitrogen and oxygen atoms in total. The molecule has 5 heteroatoms. The van der Waals surface area contributed by atoms with Gasteiger partial charge in [-0.15, -0.1) is 0 Å². The zero-order valence-electron chi connectivity index (χ0n) is 31.7. The van der Waals surface area contributed by atoms with Gasteiger partial charge in [0.15, 0.2) is 0 Å². The molecule has 0 fully saturated rings. The van der Waals surface area contributed by atoms with Crippen LogP contribution in [0.2, 0.25) is 0 Å². The summed E-state index contributed by atoms with van der Waals surface area (Å²) in [7, 11) is 0. The first-order valence-electron chi connectivity index (χ1n) is 20.0. The Morgan fingerprint density at radius 3 is 1.92 bits per heavy atom. The van der Waals surface area contributed by atoms with E-state index in [0.29, 0.717) is 5.95 Å². The molecule has 0 aliphatic heterocycles. The molecule has 9 aromatic carbocycles. The summed E-state index contributed by atoms with van der Waals surface area (Å²) in [5, 5.41) is 9.92. The Hall–Kier alpha value is -8.02. The van der Waals surface area contributed by atoms with Crippen molar-refractivity contribution in [3.8, 4) is 34.0 Å². The first-order chi connectivity index (χ1) is 29.3. The van der Waals surface area contributed by atoms with Gasteiger partial charge in [-0.1, -0.05) is 140 Å². The summed E-state index contributed by atoms with van der Waals surface area (Å²) in [4.78, 5) is 11.1. The Balaban J connectivity index is 1.21. The second kappa shape index (κ2) is 12.2. The third-order valence-electron chi connectivity index (χ3n) is 12.1. The van der Waals surface area contributed by atoms with Gasteiger partial charge in [0.05, 0.1) is 38.7 Å². The molecule has 0 saturated carbocycles. The fourth-order valence-electron chi connectivity index (χ4n) is 9.56. The first kappa shape index (κ1) is 32.1. The Bertz CT molecular complexity index is 3840. The molecule has 274 valence electrons. The summed E-state index contributed by atoms with van der Waals surface area (Å²) in [5.41, 5.74) is 12.3. The van der Waals surface area contributed by atoms with E-state index in [-0.39, 0.29) is 0 Å². The van der Waals surface area contributed by atoms with Crippen molar-refractivity contribution in [2.75, 3.05) is 0 Å². The highest BCUT2D eigenvalue weighted by atomic mass is 16.3. The summed E-state index contributed by atoms with van der Waals surface area (Å²) in [6.07, 6.45) is 0. The number of rotatable bonds is 4. The van der Waals surface area contributed by atoms with Crippen molar-refractivity contribution >= 4 is 87.2 Å². The highest BCUT2D eigenvalue weighted by Gasteiger charge is 2.26. The molecule has 0 atom stereocenters. The molecule has 0 spiro atoms. The standard InChI is InChI=1S/C54H32N4O/c1-3-14-33(15-4-1)36-19-13-20-37(32-36)57-44-24-11-9-23-41(44)49-45(57)31-28-42-50-46(30-27-40-39-22-10-12-25-47(39)59-53(40)50)58(52(42)49)54-55-43-29-26-34-16-7-8-21-38(34)48(43)51(56-54)35-17-5-2-6-18-35/h1-32H. The molecule has 4 heterocycles. The number of nitrogens with zero attached hydrogens (tertiary/aromatic N) is 4. The fraction of sp³-hybridized carbons (Fsp3) is 0. The number of benzene rings is 9. The van der Waals surface area contributed by atoms with Crippen LogP contribution in [-0.2, 0) is 0 Å². The molecule has 0 bridgehead atoms. The lowest BCUT2D eigenvalue weighted by Crippen LogP contribution is -2.04. The topological polar surface area (TPSA) is 48.8 Å². The van der Waals surface area contributed by atoms with Gasteiger partial charge in [-0.2, -0.15) is 0 Å². The van der Waals surface area contributed by atoms with Crippen molar-refractivity contribution in [2.45, 2.75) is 0 Å². The summed E-state index contributed by atoms with van der Waals surface area (Å²) >= 11 is 0. The monoisotopic (exact) mass is 752 g/mol. The lowest BCUT2D eigenvalue weighted by atomic mass is 10.0. The Labute approximate surface area is 337 Å². The van der Waals surface area contributed by atoms with Crippen molar-refractivity contribution in [1.29, 1.82) is 0 Å². The van der Waals surface area contributed by atoms with Gasteiger partial charge in [0, 0.05) is 43.6 Å². The fourth-order valence-corrected chi connectivity index (χ4v) is 9.56. The molecule has 0 aliphatic carbocycles. The molecule has 0 amide bonds. The van der Waals surface area contributed by atoms with Crippen molar-refractivity contribution in [2.24, 2.45) is 0 Å². The molecule has 0 radical (unpaired) electrons. The molecule has 0 aliphatic rings. The van der Waals surface area contributed by atoms with Gasteiger partial charge in [-0.25, -0.2) is 9.97 Å². The molecule has 0 N–H and O–H groups in total. The number of furan rings is 1. The van der Waals surface area contributed by atoms with Gasteiger partial charge in [-0.05, 0) is 76.5 Å². The lowest BCUT2D eigenvalue weighted by molar-refractivity contribution is 0.673. The summed E-state index contributed by atoms with van der Waals surface area (Å²) in [6.45, 7) is 0. The largest absolute Gasteiger partial charge is 0.455 e. The molecular weight excluding hydrogens is 721 g/mol. The third-order valence-corrected chi connectivity index (χ3v) is 12.1. The second-order valence-corrected chi connectivity index (χ2v) is 15.3. The average molecular weight is 753 g/mol. The van der Waals surface area contributed by atoms with E-state index in [2.05, 4.69) is 197 Å². The summed E-state index contributed by atoms with van der Waals surface area (Å²) < 4.78 is 11.5. The summed E-state index contributed by atoms with van der Waals surface area (Å²) in [5.74, 6) is 0.609. The molecular formula is C54H32N4O. The van der Waals surface area contributed by atoms with Gasteiger partial charge in [0.1, 0.15) is 11.2 Å². The zero-order chi connectivity index (χ0) is 38.6. The Morgan fingerprint density at radius 1 is 0.390 bits per heavy atom. The van der Waals surface area contributed by atoms with E-state index in [1.54, 1.807) is 0 Å². The molecule has 13 aromatic rings. The number of hydrogen-bond acceptors (Lipinski definition) is 3. The van der Waals surface area contributed by atoms with Gasteiger partial charge in [-0.3, -0.25) is 4.57 Å². The number of fused-ring (bicyclic) bond motifs is 14. The average Bonchev–Trinajstić information content (AvgIpc) is 3.97. The normalized spacial score (nSPS) is 12.1. The second-order valence-electron chi connectivity index (χ2n) is 15.3. The van der Waals surface area contributed by atoms with Crippen LogP contribution in [0.4, 0.5) is 0 Å². The van der Waals surface area contributed by atoms with Crippen LogP contribution in [0.1, 0.15) is 0 Å². The maximum absolute atomic E-state index is 6.80. The van der Waals surface area contributed by atoms with E-state index in [1.165, 1.54) is 11.1 Å². The third kappa shape index (κ3) is 4.61. The van der Waals surface area contributed by atoms with Crippen LogP contribution in [-0.4, -0.2) is 19.1 Å². The van der Waals surface area contributed by atoms with E-state index < -0.39 is 0 Å². The van der Waals surface area contributed by atoms with Crippen LogP contribution in [0, 0.1) is 0 Å². The van der Waals surface area contributed by atoms with Crippen molar-refractivity contribution in [3.05, 3.63) is 194 Å². The van der Waals surface area contributed by atoms with Crippen LogP contribution in [0.5, 0.6) is 0 Å². The van der Waals surface area contributed by atoms with Crippen LogP contribution >= 0.6 is 0 Å². The SMILES string of the molecule is c1ccc(-c2cccc(-n3c4ccccc4c4c3ccc3c5c6oc7ccccc7c6ccc5n(-c5nc(-c6ccccc6)c6c(ccc7ccccc76)n5)c34)c2)cc1. The highest BCUT2D eigenvalue weighted by molar-refractivity contribution is 6.31. The molecule has 59 heavy (non-hydrogen) atoms. The molecule has 4 aromatic heterocycles.